The summed E-state index contributed by atoms with van der Waals surface area (Å²) in [5, 5.41) is 42.0. The highest BCUT2D eigenvalue weighted by molar-refractivity contribution is 6.03. The Morgan fingerprint density at radius 2 is 1.15 bits per heavy atom. The maximum Gasteiger partial charge on any atom is 0.329 e. The number of benzene rings is 1. The predicted octanol–water partition coefficient (Wildman–Crippen LogP) is 2.32. The predicted molar refractivity (Wildman–Crippen MR) is 401 cm³/mol. The number of amides is 13. The van der Waals surface area contributed by atoms with Crippen LogP contribution in [0, 0.1) is 47.3 Å². The summed E-state index contributed by atoms with van der Waals surface area (Å²) >= 11 is 0. The van der Waals surface area contributed by atoms with Crippen LogP contribution in [0.5, 0.6) is 0 Å². The third-order valence-electron chi connectivity index (χ3n) is 19.5. The van der Waals surface area contributed by atoms with Crippen molar-refractivity contribution in [2.24, 2.45) is 53.1 Å². The van der Waals surface area contributed by atoms with E-state index in [1.165, 1.54) is 24.8 Å². The minimum absolute atomic E-state index is 0.0398. The van der Waals surface area contributed by atoms with Gasteiger partial charge in [0.05, 0.1) is 0 Å². The van der Waals surface area contributed by atoms with Gasteiger partial charge in [0.25, 0.3) is 5.91 Å². The largest absolute Gasteiger partial charge is 0.481 e. The number of carboxylic acid groups (broad SMARTS) is 1. The van der Waals surface area contributed by atoms with Crippen molar-refractivity contribution in [3.63, 3.8) is 0 Å². The van der Waals surface area contributed by atoms with Gasteiger partial charge in [-0.15, -0.1) is 0 Å². The van der Waals surface area contributed by atoms with Crippen LogP contribution in [0.4, 0.5) is 0 Å². The van der Waals surface area contributed by atoms with Crippen molar-refractivity contribution in [2.45, 2.75) is 280 Å². The van der Waals surface area contributed by atoms with Gasteiger partial charge in [0.1, 0.15) is 84.3 Å². The summed E-state index contributed by atoms with van der Waals surface area (Å²) in [6, 6.07) is -7.76. The number of likely N-dealkylation sites (tertiary alicyclic amines) is 1. The third-order valence-corrected chi connectivity index (χ3v) is 19.5. The lowest BCUT2D eigenvalue weighted by Gasteiger charge is -2.33. The van der Waals surface area contributed by atoms with E-state index in [1.54, 1.807) is 127 Å². The number of nitrogens with one attached hydrogen (secondary N) is 12. The molecule has 107 heavy (non-hydrogen) atoms. The molecule has 3 rings (SSSR count). The van der Waals surface area contributed by atoms with Crippen LogP contribution < -0.4 is 69.5 Å². The quantitative estimate of drug-likeness (QED) is 0.0342. The van der Waals surface area contributed by atoms with E-state index < -0.39 is 209 Å². The Bertz CT molecular complexity index is 3250. The van der Waals surface area contributed by atoms with Crippen molar-refractivity contribution >= 4 is 88.7 Å². The van der Waals surface area contributed by atoms with Crippen LogP contribution in [-0.2, 0) is 83.1 Å². The number of nitrogens with two attached hydrogens (primary N) is 1. The number of esters is 1. The van der Waals surface area contributed by atoms with Crippen molar-refractivity contribution in [2.75, 3.05) is 13.1 Å². The molecule has 0 unspecified atom stereocenters. The van der Waals surface area contributed by atoms with Gasteiger partial charge in [0.2, 0.25) is 70.9 Å². The molecule has 13 amide bonds. The van der Waals surface area contributed by atoms with Crippen molar-refractivity contribution in [1.29, 1.82) is 0 Å². The lowest BCUT2D eigenvalue weighted by atomic mass is 9.95. The molecule has 1 aromatic carbocycles. The molecule has 0 radical (unpaired) electrons. The molecule has 0 aliphatic carbocycles. The molecule has 600 valence electrons. The summed E-state index contributed by atoms with van der Waals surface area (Å²) in [6.07, 6.45) is 1.40. The Morgan fingerprint density at radius 1 is 0.598 bits per heavy atom. The van der Waals surface area contributed by atoms with Gasteiger partial charge in [-0.3, -0.25) is 67.1 Å². The van der Waals surface area contributed by atoms with E-state index >= 15 is 9.59 Å². The van der Waals surface area contributed by atoms with Crippen LogP contribution >= 0.6 is 0 Å². The van der Waals surface area contributed by atoms with Crippen molar-refractivity contribution in [1.82, 2.24) is 68.7 Å². The Labute approximate surface area is 630 Å². The Morgan fingerprint density at radius 3 is 1.69 bits per heavy atom. The van der Waals surface area contributed by atoms with E-state index in [4.69, 9.17) is 10.5 Å². The molecule has 2 aliphatic rings. The number of cyclic esters (lactones) is 1. The summed E-state index contributed by atoms with van der Waals surface area (Å²) in [5.41, 5.74) is 6.33. The van der Waals surface area contributed by atoms with Crippen LogP contribution in [0.15, 0.2) is 42.1 Å². The van der Waals surface area contributed by atoms with Crippen LogP contribution in [0.3, 0.4) is 0 Å². The number of carbonyl (C=O) groups is 15. The third kappa shape index (κ3) is 28.9. The SMILES string of the molecule is C/C=C1\NC(=O)[C@H](Cc2ccccc2)NC(=O)[C@@H](C(C)C)NC(=O)[C@@H]([C@@H](C)CC)NC(=O)[C@H](NC(=O)[C@H](NC(=O)[C@H](CCCN)NC(=O)[C@H]2CCCN2C(=O)[C@H](NC(=O)[C@@H](NC(=O)[C@H](CCC(=O)O)NC(=O)[C@H](NC(=O)CCCC(C)C)C(C)C)C(C)C)C(C)C)[C@@H](C)CC)[C@@H](C)OC(=O)[C@H](C(C)C)NC1=O. The highest BCUT2D eigenvalue weighted by atomic mass is 16.5. The minimum Gasteiger partial charge on any atom is -0.481 e. The first-order valence-electron chi connectivity index (χ1n) is 38.0. The molecular formula is C76H124N14O17. The summed E-state index contributed by atoms with van der Waals surface area (Å²) in [6.45, 7) is 30.3. The lowest BCUT2D eigenvalue weighted by Crippen LogP contribution is -2.64. The second-order valence-corrected chi connectivity index (χ2v) is 30.5. The van der Waals surface area contributed by atoms with Gasteiger partial charge in [-0.1, -0.05) is 166 Å². The van der Waals surface area contributed by atoms with Crippen LogP contribution in [-0.4, -0.2) is 190 Å². The lowest BCUT2D eigenvalue weighted by molar-refractivity contribution is -0.157. The van der Waals surface area contributed by atoms with E-state index in [0.29, 0.717) is 30.7 Å². The van der Waals surface area contributed by atoms with E-state index in [0.717, 1.165) is 6.42 Å². The van der Waals surface area contributed by atoms with Gasteiger partial charge in [0.15, 0.2) is 0 Å². The first-order chi connectivity index (χ1) is 50.2. The number of nitrogens with zero attached hydrogens (tertiary/aromatic N) is 1. The second kappa shape index (κ2) is 44.9. The molecule has 31 nitrogen and oxygen atoms in total. The molecule has 0 saturated carbocycles. The fraction of sp³-hybridized carbons (Fsp3) is 0.697. The van der Waals surface area contributed by atoms with E-state index in [1.807, 2.05) is 13.8 Å². The van der Waals surface area contributed by atoms with Crippen LogP contribution in [0.1, 0.15) is 201 Å². The highest BCUT2D eigenvalue weighted by Crippen LogP contribution is 2.23. The van der Waals surface area contributed by atoms with Gasteiger partial charge in [-0.25, -0.2) is 4.79 Å². The molecule has 2 aliphatic heterocycles. The van der Waals surface area contributed by atoms with Gasteiger partial charge >= 0.3 is 11.9 Å². The average molecular weight is 1510 g/mol. The first-order valence-corrected chi connectivity index (χ1v) is 38.0. The fourth-order valence-electron chi connectivity index (χ4n) is 12.3. The van der Waals surface area contributed by atoms with Crippen molar-refractivity contribution in [3.05, 3.63) is 47.7 Å². The maximum atomic E-state index is 15.1. The number of ether oxygens (including phenoxy) is 1. The van der Waals surface area contributed by atoms with E-state index in [2.05, 4.69) is 63.8 Å². The number of rotatable bonds is 35. The normalized spacial score (nSPS) is 22.0. The number of allylic oxidation sites excluding steroid dienone is 1. The van der Waals surface area contributed by atoms with Gasteiger partial charge in [-0.2, -0.15) is 0 Å². The van der Waals surface area contributed by atoms with Crippen LogP contribution in [0.25, 0.3) is 0 Å². The number of hydrogen-bond acceptors (Lipinski definition) is 17. The number of carbonyl (C=O) groups excluding carboxylic acids is 14. The molecule has 2 heterocycles. The van der Waals surface area contributed by atoms with E-state index in [-0.39, 0.29) is 69.6 Å². The zero-order valence-corrected chi connectivity index (χ0v) is 66.0. The molecule has 2 fully saturated rings. The number of carboxylic acids is 1. The van der Waals surface area contributed by atoms with Gasteiger partial charge in [-0.05, 0) is 112 Å². The standard InChI is InChI=1S/C76H124N14O17/c1-19-45(16)61(73(103)89-63-47(18)107-76(106)60(44(14)15)86-64(94)49(21-3)78-67(97)52(38-48-29-23-22-24-30-48)81-70(100)57(41(8)9)84-72(102)62(46(17)20-2)88-74(63)104)87-65(95)50(31-26-36-77)79-68(98)53-32-27-37-90(53)75(105)59(43(12)13)85-71(101)58(42(10)11)83-66(96)51(34-35-55(92)93)80-69(99)56(40(6)7)82-54(91)33-25-28-39(4)5/h21-24,29-30,39-47,50-53,56-63H,19-20,25-28,31-38,77H2,1-18H3,(H,78,97)(H,79,98)(H,80,99)(H,81,100)(H,82,91)(H,83,96)(H,84,102)(H,85,101)(H,86,94)(H,87,95)(H,88,104)(H,89,103)(H,92,93)/b49-21-/t45-,46-,47+,50-,51-,52-,53+,56+,57+,58-,59+,60-,61+,62+,63+/m0/s1. The highest BCUT2D eigenvalue weighted by Gasteiger charge is 2.44. The topological polar surface area (TPSA) is 459 Å². The molecule has 0 aromatic heterocycles. The van der Waals surface area contributed by atoms with Gasteiger partial charge in [0, 0.05) is 25.8 Å². The minimum atomic E-state index is -1.84. The smallest absolute Gasteiger partial charge is 0.329 e. The Kier molecular flexibility index (Phi) is 38.7. The van der Waals surface area contributed by atoms with Gasteiger partial charge < -0.3 is 84.3 Å². The van der Waals surface area contributed by atoms with Crippen molar-refractivity contribution < 1.29 is 81.8 Å². The summed E-state index contributed by atoms with van der Waals surface area (Å²) in [4.78, 5) is 214. The molecule has 31 heteroatoms. The molecule has 15 N–H and O–H groups in total. The molecule has 0 bridgehead atoms. The van der Waals surface area contributed by atoms with E-state index in [9.17, 15) is 67.4 Å². The number of hydrogen-bond donors (Lipinski definition) is 14. The summed E-state index contributed by atoms with van der Waals surface area (Å²) in [7, 11) is 0. The molecule has 15 atom stereocenters. The maximum absolute atomic E-state index is 15.1. The zero-order chi connectivity index (χ0) is 80.9. The second-order valence-electron chi connectivity index (χ2n) is 30.5. The first kappa shape index (κ1) is 92.2. The number of aliphatic carboxylic acids is 1. The van der Waals surface area contributed by atoms with Crippen molar-refractivity contribution in [3.8, 4) is 0 Å². The molecule has 2 saturated heterocycles. The molecular weight excluding hydrogens is 1380 g/mol. The summed E-state index contributed by atoms with van der Waals surface area (Å²) in [5.74, 6) is -16.6. The molecule has 1 aromatic rings. The Hall–Kier alpha value is -9.03. The monoisotopic (exact) mass is 1500 g/mol. The van der Waals surface area contributed by atoms with Crippen LogP contribution in [0.2, 0.25) is 0 Å². The Balaban J connectivity index is 2.01. The fourth-order valence-corrected chi connectivity index (χ4v) is 12.3. The molecule has 0 spiro atoms. The zero-order valence-electron chi connectivity index (χ0n) is 66.0. The summed E-state index contributed by atoms with van der Waals surface area (Å²) < 4.78 is 5.96. The average Bonchev–Trinajstić information content (AvgIpc) is 1.80.